The van der Waals surface area contributed by atoms with Crippen molar-refractivity contribution in [3.8, 4) is 6.07 Å². The first-order valence-electron chi connectivity index (χ1n) is 9.70. The van der Waals surface area contributed by atoms with Gasteiger partial charge in [-0.15, -0.1) is 0 Å². The van der Waals surface area contributed by atoms with E-state index in [1.165, 1.54) is 0 Å². The molecule has 1 aliphatic rings. The lowest BCUT2D eigenvalue weighted by Crippen LogP contribution is -2.29. The summed E-state index contributed by atoms with van der Waals surface area (Å²) in [4.78, 5) is 0. The molecule has 0 N–H and O–H groups in total. The van der Waals surface area contributed by atoms with Crippen molar-refractivity contribution in [2.45, 2.75) is 26.8 Å². The third-order valence-corrected chi connectivity index (χ3v) is 6.09. The highest BCUT2D eigenvalue weighted by atomic mass is 32.2. The summed E-state index contributed by atoms with van der Waals surface area (Å²) in [5, 5.41) is 11.9. The van der Waals surface area contributed by atoms with Crippen LogP contribution in [0.2, 0.25) is 0 Å². The standard InChI is InChI=1S/C23H29N3O2S/c1-6-11-18(12-10-15-25(4)29(27)8-3)23-21(17-24)20-14-9-13-19(28-5)16-22(20)26(23)7-2/h6,10-14,16H,1,7-9,15H2,2-5H3/b12-10-,18-11+. The molecule has 0 saturated carbocycles. The highest BCUT2D eigenvalue weighted by Crippen LogP contribution is 2.19. The van der Waals surface area contributed by atoms with Crippen LogP contribution in [0.1, 0.15) is 31.5 Å². The van der Waals surface area contributed by atoms with E-state index in [0.29, 0.717) is 30.8 Å². The molecule has 0 spiro atoms. The fraction of sp³-hybridized carbons (Fsp3) is 0.348. The zero-order chi connectivity index (χ0) is 21.4. The summed E-state index contributed by atoms with van der Waals surface area (Å²) in [7, 11) is 2.50. The van der Waals surface area contributed by atoms with Crippen LogP contribution in [0.3, 0.4) is 0 Å². The average molecular weight is 412 g/mol. The van der Waals surface area contributed by atoms with Crippen LogP contribution < -0.4 is 10.6 Å². The number of aromatic nitrogens is 1. The van der Waals surface area contributed by atoms with Gasteiger partial charge in [0.15, 0.2) is 0 Å². The molecule has 0 amide bonds. The second-order valence-corrected chi connectivity index (χ2v) is 8.30. The number of allylic oxidation sites excluding steroid dienone is 6. The summed E-state index contributed by atoms with van der Waals surface area (Å²) in [6, 6.07) is 2.40. The molecule has 5 nitrogen and oxygen atoms in total. The maximum absolute atomic E-state index is 11.9. The van der Waals surface area contributed by atoms with Crippen LogP contribution >= 0.6 is 0 Å². The molecule has 1 atom stereocenters. The molecule has 1 aromatic heterocycles. The Morgan fingerprint density at radius 3 is 2.79 bits per heavy atom. The fourth-order valence-electron chi connectivity index (χ4n) is 3.36. The van der Waals surface area contributed by atoms with Gasteiger partial charge in [0.1, 0.15) is 11.8 Å². The van der Waals surface area contributed by atoms with Gasteiger partial charge in [-0.25, -0.2) is 8.51 Å². The predicted octanol–water partition coefficient (Wildman–Crippen LogP) is 2.62. The second kappa shape index (κ2) is 10.8. The summed E-state index contributed by atoms with van der Waals surface area (Å²) in [5.74, 6) is 1.38. The van der Waals surface area contributed by atoms with E-state index in [1.807, 2.05) is 44.4 Å². The minimum Gasteiger partial charge on any atom is -0.497 e. The number of hydrogen-bond acceptors (Lipinski definition) is 3. The van der Waals surface area contributed by atoms with Crippen molar-refractivity contribution in [3.05, 3.63) is 64.5 Å². The molecule has 0 aliphatic heterocycles. The highest BCUT2D eigenvalue weighted by Gasteiger charge is 2.17. The van der Waals surface area contributed by atoms with E-state index < -0.39 is 11.0 Å². The van der Waals surface area contributed by atoms with Crippen LogP contribution in [0.25, 0.3) is 17.7 Å². The van der Waals surface area contributed by atoms with Crippen LogP contribution in [0, 0.1) is 11.3 Å². The third-order valence-electron chi connectivity index (χ3n) is 4.75. The maximum atomic E-state index is 11.9. The van der Waals surface area contributed by atoms with Gasteiger partial charge >= 0.3 is 0 Å². The Balaban J connectivity index is 2.63. The lowest BCUT2D eigenvalue weighted by atomic mass is 10.1. The van der Waals surface area contributed by atoms with Gasteiger partial charge < -0.3 is 9.30 Å². The van der Waals surface area contributed by atoms with Gasteiger partial charge in [-0.3, -0.25) is 0 Å². The van der Waals surface area contributed by atoms with Crippen molar-refractivity contribution in [1.29, 1.82) is 5.26 Å². The van der Waals surface area contributed by atoms with Gasteiger partial charge in [0.2, 0.25) is 0 Å². The Morgan fingerprint density at radius 2 is 2.21 bits per heavy atom. The molecule has 0 bridgehead atoms. The van der Waals surface area contributed by atoms with Crippen molar-refractivity contribution in [3.63, 3.8) is 0 Å². The summed E-state index contributed by atoms with van der Waals surface area (Å²) in [6.07, 6.45) is 14.3. The molecular weight excluding hydrogens is 382 g/mol. The minimum absolute atomic E-state index is 0.554. The van der Waals surface area contributed by atoms with Gasteiger partial charge in [-0.1, -0.05) is 43.9 Å². The Kier molecular flexibility index (Phi) is 8.44. The molecule has 1 aromatic rings. The van der Waals surface area contributed by atoms with Crippen molar-refractivity contribution >= 4 is 28.7 Å². The molecule has 2 rings (SSSR count). The van der Waals surface area contributed by atoms with Crippen LogP contribution in [-0.4, -0.2) is 39.5 Å². The van der Waals surface area contributed by atoms with E-state index in [1.54, 1.807) is 17.5 Å². The highest BCUT2D eigenvalue weighted by molar-refractivity contribution is 7.82. The predicted molar refractivity (Wildman–Crippen MR) is 121 cm³/mol. The Morgan fingerprint density at radius 1 is 1.45 bits per heavy atom. The SMILES string of the molecule is C=C/C=C(\C=C/CN(C)S(=O)CC)c1c(C#N)c2c(n1CC)=CC(OC)=CCC=2. The van der Waals surface area contributed by atoms with Crippen LogP contribution in [0.15, 0.2) is 42.7 Å². The van der Waals surface area contributed by atoms with E-state index in [-0.39, 0.29) is 0 Å². The number of ether oxygens (including phenoxy) is 1. The van der Waals surface area contributed by atoms with Crippen molar-refractivity contribution in [1.82, 2.24) is 8.87 Å². The molecule has 1 unspecified atom stereocenters. The molecule has 154 valence electrons. The first-order valence-corrected chi connectivity index (χ1v) is 11.0. The third kappa shape index (κ3) is 5.06. The topological polar surface area (TPSA) is 58.3 Å². The zero-order valence-electron chi connectivity index (χ0n) is 17.6. The minimum atomic E-state index is -0.993. The number of hydrogen-bond donors (Lipinski definition) is 0. The van der Waals surface area contributed by atoms with Crippen molar-refractivity contribution in [2.75, 3.05) is 26.5 Å². The van der Waals surface area contributed by atoms with Gasteiger partial charge in [0.25, 0.3) is 0 Å². The Hall–Kier alpha value is -2.62. The number of methoxy groups -OCH3 is 1. The molecule has 29 heavy (non-hydrogen) atoms. The molecule has 0 radical (unpaired) electrons. The van der Waals surface area contributed by atoms with Crippen LogP contribution in [0.5, 0.6) is 0 Å². The van der Waals surface area contributed by atoms with E-state index in [4.69, 9.17) is 4.74 Å². The fourth-order valence-corrected chi connectivity index (χ4v) is 4.05. The number of likely N-dealkylation sites (N-methyl/N-ethyl adjacent to an activating group) is 1. The van der Waals surface area contributed by atoms with Gasteiger partial charge in [0, 0.05) is 37.2 Å². The average Bonchev–Trinajstić information content (AvgIpc) is 2.87. The van der Waals surface area contributed by atoms with Crippen molar-refractivity contribution < 1.29 is 8.95 Å². The first-order chi connectivity index (χ1) is 14.0. The lowest BCUT2D eigenvalue weighted by Gasteiger charge is -2.12. The molecule has 1 aliphatic carbocycles. The van der Waals surface area contributed by atoms with Gasteiger partial charge in [0.05, 0.1) is 34.7 Å². The van der Waals surface area contributed by atoms with E-state index in [2.05, 4.69) is 30.2 Å². The summed E-state index contributed by atoms with van der Waals surface area (Å²) < 4.78 is 21.3. The normalized spacial score (nSPS) is 15.0. The van der Waals surface area contributed by atoms with Crippen molar-refractivity contribution in [2.24, 2.45) is 0 Å². The van der Waals surface area contributed by atoms with Gasteiger partial charge in [-0.2, -0.15) is 5.26 Å². The maximum Gasteiger partial charge on any atom is 0.117 e. The number of fused-ring (bicyclic) bond motifs is 1. The van der Waals surface area contributed by atoms with E-state index in [0.717, 1.165) is 27.6 Å². The number of nitrogens with zero attached hydrogens (tertiary/aromatic N) is 3. The monoisotopic (exact) mass is 411 g/mol. The van der Waals surface area contributed by atoms with Crippen LogP contribution in [-0.2, 0) is 22.3 Å². The Labute approximate surface area is 175 Å². The zero-order valence-corrected chi connectivity index (χ0v) is 18.5. The largest absolute Gasteiger partial charge is 0.497 e. The lowest BCUT2D eigenvalue weighted by molar-refractivity contribution is 0.312. The van der Waals surface area contributed by atoms with E-state index in [9.17, 15) is 9.47 Å². The quantitative estimate of drug-likeness (QED) is 0.587. The first kappa shape index (κ1) is 22.7. The molecule has 0 aromatic carbocycles. The molecule has 6 heteroatoms. The molecule has 0 saturated heterocycles. The molecular formula is C23H29N3O2S. The smallest absolute Gasteiger partial charge is 0.117 e. The summed E-state index contributed by atoms with van der Waals surface area (Å²) in [6.45, 7) is 9.06. The summed E-state index contributed by atoms with van der Waals surface area (Å²) in [5.41, 5.74) is 2.40. The van der Waals surface area contributed by atoms with E-state index >= 15 is 0 Å². The number of nitriles is 1. The van der Waals surface area contributed by atoms with Crippen LogP contribution in [0.4, 0.5) is 0 Å². The summed E-state index contributed by atoms with van der Waals surface area (Å²) >= 11 is 0. The number of rotatable bonds is 9. The molecule has 1 heterocycles. The Bertz CT molecular complexity index is 1040. The molecule has 0 fully saturated rings. The second-order valence-electron chi connectivity index (χ2n) is 6.45. The van der Waals surface area contributed by atoms with Gasteiger partial charge in [-0.05, 0) is 25.0 Å².